The highest BCUT2D eigenvalue weighted by Crippen LogP contribution is 2.52. The predicted octanol–water partition coefficient (Wildman–Crippen LogP) is 0.00130. The van der Waals surface area contributed by atoms with Crippen LogP contribution in [0, 0.1) is 0 Å². The number of carbonyl (C=O) groups excluding carboxylic acids is 3. The molecule has 0 unspecified atom stereocenters. The second-order valence-electron chi connectivity index (χ2n) is 10.2. The number of phenols is 2. The summed E-state index contributed by atoms with van der Waals surface area (Å²) in [5, 5.41) is 53.7. The molecule has 0 saturated carbocycles. The first kappa shape index (κ1) is 27.2. The second-order valence-corrected chi connectivity index (χ2v) is 10.2. The Kier molecular flexibility index (Phi) is 6.74. The lowest BCUT2D eigenvalue weighted by atomic mass is 9.72. The summed E-state index contributed by atoms with van der Waals surface area (Å²) in [5.41, 5.74) is 2.37. The number of aliphatic hydroxyl groups excluding tert-OH is 2. The van der Waals surface area contributed by atoms with Gasteiger partial charge in [-0.15, -0.1) is 0 Å². The quantitative estimate of drug-likeness (QED) is 0.235. The van der Waals surface area contributed by atoms with Crippen LogP contribution in [-0.4, -0.2) is 86.7 Å². The average Bonchev–Trinajstić information content (AvgIpc) is 2.90. The number of methoxy groups -OCH3 is 1. The zero-order valence-corrected chi connectivity index (χ0v) is 21.2. The molecule has 2 aromatic carbocycles. The fraction of sp³-hybridized carbons (Fsp3) is 0.444. The van der Waals surface area contributed by atoms with Crippen molar-refractivity contribution in [2.45, 2.75) is 62.4 Å². The molecule has 3 aliphatic rings. The van der Waals surface area contributed by atoms with Gasteiger partial charge in [0.2, 0.25) is 5.78 Å². The van der Waals surface area contributed by atoms with Gasteiger partial charge in [0.05, 0.1) is 42.1 Å². The smallest absolute Gasteiger partial charge is 0.202 e. The first-order valence-electron chi connectivity index (χ1n) is 12.4. The first-order chi connectivity index (χ1) is 18.4. The van der Waals surface area contributed by atoms with Crippen LogP contribution in [-0.2, 0) is 20.7 Å². The van der Waals surface area contributed by atoms with Crippen molar-refractivity contribution in [2.75, 3.05) is 13.7 Å². The first-order valence-corrected chi connectivity index (χ1v) is 12.4. The van der Waals surface area contributed by atoms with Gasteiger partial charge in [0, 0.05) is 42.0 Å². The molecule has 2 aromatic rings. The van der Waals surface area contributed by atoms with E-state index in [1.165, 1.54) is 25.3 Å². The molecule has 1 saturated heterocycles. The Labute approximate surface area is 222 Å². The molecule has 2 aliphatic carbocycles. The van der Waals surface area contributed by atoms with E-state index in [4.69, 9.17) is 19.9 Å². The van der Waals surface area contributed by atoms with E-state index >= 15 is 0 Å². The van der Waals surface area contributed by atoms with Gasteiger partial charge < -0.3 is 45.5 Å². The highest BCUT2D eigenvalue weighted by atomic mass is 16.7. The number of rotatable bonds is 5. The number of benzene rings is 2. The van der Waals surface area contributed by atoms with Crippen molar-refractivity contribution >= 4 is 17.3 Å². The monoisotopic (exact) mass is 543 g/mol. The van der Waals surface area contributed by atoms with Gasteiger partial charge in [0.25, 0.3) is 0 Å². The molecule has 1 aliphatic heterocycles. The number of aliphatic hydroxyl groups is 3. The predicted molar refractivity (Wildman–Crippen MR) is 132 cm³/mol. The van der Waals surface area contributed by atoms with Crippen LogP contribution in [0.5, 0.6) is 17.2 Å². The van der Waals surface area contributed by atoms with Crippen molar-refractivity contribution in [2.24, 2.45) is 5.73 Å². The summed E-state index contributed by atoms with van der Waals surface area (Å²) in [7, 11) is 1.32. The standard InChI is InChI=1S/C27H29NO11/c1-10-22(31)13(28)6-17(38-10)39-15-8-27(36,16(30)9-29)7-12-19(15)26(35)21-20(24(12)33)23(32)11-4-3-5-14(37-2)18(11)25(21)34/h3-5,10,13,15,17,22,29,31,33,35-36H,6-9,28H2,1-2H3/t10-,13-,15-,17+,22+,27-/m1/s1. The van der Waals surface area contributed by atoms with Gasteiger partial charge in [-0.3, -0.25) is 14.4 Å². The number of ketones is 3. The SMILES string of the molecule is COc1cccc2c1C(=O)c1c(O)c3c(c(O)c1C2=O)C[C@](O)(C(=O)CO)C[C@H]3O[C@H]1C[C@@H](N)[C@@H](O)[C@@H](C)O1. The van der Waals surface area contributed by atoms with Crippen molar-refractivity contribution in [1.29, 1.82) is 0 Å². The lowest BCUT2D eigenvalue weighted by Gasteiger charge is -2.42. The summed E-state index contributed by atoms with van der Waals surface area (Å²) in [5.74, 6) is -3.77. The maximum atomic E-state index is 13.6. The van der Waals surface area contributed by atoms with Crippen LogP contribution < -0.4 is 10.5 Å². The highest BCUT2D eigenvalue weighted by molar-refractivity contribution is 6.31. The van der Waals surface area contributed by atoms with Gasteiger partial charge >= 0.3 is 0 Å². The van der Waals surface area contributed by atoms with Crippen molar-refractivity contribution in [3.05, 3.63) is 51.6 Å². The lowest BCUT2D eigenvalue weighted by molar-refractivity contribution is -0.247. The number of ether oxygens (including phenoxy) is 3. The molecule has 208 valence electrons. The Balaban J connectivity index is 1.69. The Morgan fingerprint density at radius 1 is 1.15 bits per heavy atom. The van der Waals surface area contributed by atoms with E-state index in [9.17, 15) is 39.9 Å². The summed E-state index contributed by atoms with van der Waals surface area (Å²) >= 11 is 0. The topological polar surface area (TPSA) is 206 Å². The summed E-state index contributed by atoms with van der Waals surface area (Å²) in [6.07, 6.45) is -5.12. The van der Waals surface area contributed by atoms with E-state index in [1.807, 2.05) is 0 Å². The van der Waals surface area contributed by atoms with Gasteiger partial charge in [-0.2, -0.15) is 0 Å². The number of Topliss-reactive ketones (excluding diaryl/α,β-unsaturated/α-hetero) is 1. The molecule has 12 nitrogen and oxygen atoms in total. The molecular formula is C27H29NO11. The van der Waals surface area contributed by atoms with Crippen LogP contribution in [0.2, 0.25) is 0 Å². The summed E-state index contributed by atoms with van der Waals surface area (Å²) in [6, 6.07) is 3.64. The number of carbonyl (C=O) groups is 3. The van der Waals surface area contributed by atoms with Crippen molar-refractivity contribution < 1.29 is 54.1 Å². The molecule has 5 rings (SSSR count). The van der Waals surface area contributed by atoms with Gasteiger partial charge in [-0.05, 0) is 13.0 Å². The van der Waals surface area contributed by atoms with E-state index in [2.05, 4.69) is 0 Å². The minimum atomic E-state index is -2.24. The number of hydrogen-bond acceptors (Lipinski definition) is 12. The minimum Gasteiger partial charge on any atom is -0.507 e. The third kappa shape index (κ3) is 4.11. The number of phenolic OH excluding ortho intramolecular Hbond substituents is 2. The molecule has 12 heteroatoms. The van der Waals surface area contributed by atoms with E-state index < -0.39 is 95.7 Å². The second kappa shape index (κ2) is 9.66. The van der Waals surface area contributed by atoms with E-state index in [0.29, 0.717) is 0 Å². The molecule has 0 spiro atoms. The van der Waals surface area contributed by atoms with E-state index in [1.54, 1.807) is 6.92 Å². The molecule has 0 aromatic heterocycles. The van der Waals surface area contributed by atoms with Crippen LogP contribution >= 0.6 is 0 Å². The number of fused-ring (bicyclic) bond motifs is 3. The van der Waals surface area contributed by atoms with Crippen molar-refractivity contribution in [3.8, 4) is 17.2 Å². The average molecular weight is 544 g/mol. The Morgan fingerprint density at radius 3 is 2.49 bits per heavy atom. The third-order valence-corrected chi connectivity index (χ3v) is 7.81. The van der Waals surface area contributed by atoms with Gasteiger partial charge in [-0.25, -0.2) is 0 Å². The van der Waals surface area contributed by atoms with E-state index in [-0.39, 0.29) is 34.4 Å². The zero-order chi connectivity index (χ0) is 28.4. The number of aromatic hydroxyl groups is 2. The van der Waals surface area contributed by atoms with E-state index in [0.717, 1.165) is 0 Å². The molecule has 6 atom stereocenters. The Bertz CT molecular complexity index is 1380. The van der Waals surface area contributed by atoms with Crippen LogP contribution in [0.15, 0.2) is 18.2 Å². The van der Waals surface area contributed by atoms with Crippen molar-refractivity contribution in [3.63, 3.8) is 0 Å². The fourth-order valence-corrected chi connectivity index (χ4v) is 5.75. The summed E-state index contributed by atoms with van der Waals surface area (Å²) in [6.45, 7) is 0.560. The lowest BCUT2D eigenvalue weighted by Crippen LogP contribution is -2.53. The molecule has 1 heterocycles. The maximum Gasteiger partial charge on any atom is 0.202 e. The molecule has 1 fully saturated rings. The van der Waals surface area contributed by atoms with Crippen LogP contribution in [0.25, 0.3) is 0 Å². The Morgan fingerprint density at radius 2 is 1.85 bits per heavy atom. The summed E-state index contributed by atoms with van der Waals surface area (Å²) < 4.78 is 17.0. The Hall–Kier alpha value is -3.39. The van der Waals surface area contributed by atoms with Crippen LogP contribution in [0.1, 0.15) is 68.8 Å². The van der Waals surface area contributed by atoms with Gasteiger partial charge in [-0.1, -0.05) is 12.1 Å². The normalized spacial score (nSPS) is 29.8. The summed E-state index contributed by atoms with van der Waals surface area (Å²) in [4.78, 5) is 39.7. The molecule has 0 radical (unpaired) electrons. The minimum absolute atomic E-state index is 0.0173. The molecule has 7 N–H and O–H groups in total. The molecule has 0 bridgehead atoms. The molecule has 39 heavy (non-hydrogen) atoms. The zero-order valence-electron chi connectivity index (χ0n) is 21.2. The highest BCUT2D eigenvalue weighted by Gasteiger charge is 2.50. The number of nitrogens with two attached hydrogens (primary N) is 1. The van der Waals surface area contributed by atoms with Crippen LogP contribution in [0.3, 0.4) is 0 Å². The molecular weight excluding hydrogens is 514 g/mol. The fourth-order valence-electron chi connectivity index (χ4n) is 5.75. The third-order valence-electron chi connectivity index (χ3n) is 7.81. The molecule has 0 amide bonds. The van der Waals surface area contributed by atoms with Crippen molar-refractivity contribution in [1.82, 2.24) is 0 Å². The largest absolute Gasteiger partial charge is 0.507 e. The number of hydrogen-bond donors (Lipinski definition) is 6. The van der Waals surface area contributed by atoms with Gasteiger partial charge in [0.15, 0.2) is 17.9 Å². The maximum absolute atomic E-state index is 13.6. The van der Waals surface area contributed by atoms with Crippen LogP contribution in [0.4, 0.5) is 0 Å². The van der Waals surface area contributed by atoms with Gasteiger partial charge in [0.1, 0.15) is 29.5 Å².